The van der Waals surface area contributed by atoms with Gasteiger partial charge in [0.25, 0.3) is 0 Å². The summed E-state index contributed by atoms with van der Waals surface area (Å²) in [5.74, 6) is 2.12. The van der Waals surface area contributed by atoms with Crippen LogP contribution in [0.5, 0.6) is 0 Å². The molecule has 2 aliphatic carbocycles. The van der Waals surface area contributed by atoms with Crippen LogP contribution < -0.4 is 5.32 Å². The first-order valence-corrected chi connectivity index (χ1v) is 9.68. The largest absolute Gasteiger partial charge is 0.366 e. The van der Waals surface area contributed by atoms with Crippen molar-refractivity contribution in [1.29, 1.82) is 0 Å². The molecule has 1 aromatic heterocycles. The molecule has 2 aliphatic rings. The zero-order chi connectivity index (χ0) is 15.6. The van der Waals surface area contributed by atoms with E-state index in [0.29, 0.717) is 6.04 Å². The van der Waals surface area contributed by atoms with Crippen molar-refractivity contribution in [3.8, 4) is 0 Å². The van der Waals surface area contributed by atoms with Crippen molar-refractivity contribution in [2.75, 3.05) is 11.1 Å². The standard InChI is InChI=1S/C19H23N3S/c1-2-23-19-21-17-10-6-5-9-16(17)18(22-19)20-15-11-13-7-3-4-8-14(13)12-15/h3-4,7-8,15H,2,5-6,9-12H2,1H3,(H,20,21,22). The number of aryl methyl sites for hydroxylation is 1. The Morgan fingerprint density at radius 2 is 1.83 bits per heavy atom. The molecule has 4 heteroatoms. The van der Waals surface area contributed by atoms with Gasteiger partial charge in [-0.05, 0) is 55.4 Å². The molecule has 0 atom stereocenters. The second kappa shape index (κ2) is 6.52. The molecule has 0 bridgehead atoms. The zero-order valence-electron chi connectivity index (χ0n) is 13.6. The van der Waals surface area contributed by atoms with Crippen molar-refractivity contribution < 1.29 is 0 Å². The van der Waals surface area contributed by atoms with Crippen LogP contribution in [0.2, 0.25) is 0 Å². The van der Waals surface area contributed by atoms with Crippen LogP contribution in [0.3, 0.4) is 0 Å². The lowest BCUT2D eigenvalue weighted by Gasteiger charge is -2.22. The number of thioether (sulfide) groups is 1. The van der Waals surface area contributed by atoms with Gasteiger partial charge < -0.3 is 5.32 Å². The van der Waals surface area contributed by atoms with E-state index in [0.717, 1.165) is 42.4 Å². The third-order valence-electron chi connectivity index (χ3n) is 4.83. The van der Waals surface area contributed by atoms with Gasteiger partial charge in [0, 0.05) is 11.6 Å². The van der Waals surface area contributed by atoms with Crippen molar-refractivity contribution in [2.45, 2.75) is 56.6 Å². The van der Waals surface area contributed by atoms with E-state index in [4.69, 9.17) is 9.97 Å². The van der Waals surface area contributed by atoms with E-state index in [1.54, 1.807) is 11.8 Å². The van der Waals surface area contributed by atoms with Gasteiger partial charge in [0.1, 0.15) is 5.82 Å². The molecular weight excluding hydrogens is 302 g/mol. The first-order chi connectivity index (χ1) is 11.3. The molecule has 0 amide bonds. The number of aromatic nitrogens is 2. The molecular formula is C19H23N3S. The molecule has 120 valence electrons. The van der Waals surface area contributed by atoms with E-state index >= 15 is 0 Å². The Hall–Kier alpha value is -1.55. The van der Waals surface area contributed by atoms with Crippen molar-refractivity contribution in [3.63, 3.8) is 0 Å². The first kappa shape index (κ1) is 15.0. The zero-order valence-corrected chi connectivity index (χ0v) is 14.5. The number of benzene rings is 1. The Balaban J connectivity index is 1.60. The minimum absolute atomic E-state index is 0.466. The second-order valence-electron chi connectivity index (χ2n) is 6.44. The number of anilines is 1. The maximum absolute atomic E-state index is 4.84. The topological polar surface area (TPSA) is 37.8 Å². The average molecular weight is 325 g/mol. The highest BCUT2D eigenvalue weighted by molar-refractivity contribution is 7.99. The van der Waals surface area contributed by atoms with Crippen LogP contribution >= 0.6 is 11.8 Å². The summed E-state index contributed by atoms with van der Waals surface area (Å²) in [6, 6.07) is 9.26. The highest BCUT2D eigenvalue weighted by Crippen LogP contribution is 2.30. The van der Waals surface area contributed by atoms with Crippen molar-refractivity contribution >= 4 is 17.6 Å². The third-order valence-corrected chi connectivity index (χ3v) is 5.56. The van der Waals surface area contributed by atoms with E-state index in [2.05, 4.69) is 36.5 Å². The van der Waals surface area contributed by atoms with Gasteiger partial charge in [-0.15, -0.1) is 0 Å². The van der Waals surface area contributed by atoms with Gasteiger partial charge >= 0.3 is 0 Å². The highest BCUT2D eigenvalue weighted by atomic mass is 32.2. The maximum Gasteiger partial charge on any atom is 0.189 e. The Morgan fingerprint density at radius 1 is 1.09 bits per heavy atom. The summed E-state index contributed by atoms with van der Waals surface area (Å²) in [6.45, 7) is 2.16. The summed E-state index contributed by atoms with van der Waals surface area (Å²) >= 11 is 1.75. The van der Waals surface area contributed by atoms with Crippen LogP contribution in [0, 0.1) is 0 Å². The predicted molar refractivity (Wildman–Crippen MR) is 96.3 cm³/mol. The van der Waals surface area contributed by atoms with Gasteiger partial charge in [0.05, 0.1) is 5.69 Å². The molecule has 0 saturated heterocycles. The summed E-state index contributed by atoms with van der Waals surface area (Å²) < 4.78 is 0. The predicted octanol–water partition coefficient (Wildman–Crippen LogP) is 4.05. The molecule has 1 N–H and O–H groups in total. The van der Waals surface area contributed by atoms with Crippen LogP contribution in [0.4, 0.5) is 5.82 Å². The Kier molecular flexibility index (Phi) is 4.25. The van der Waals surface area contributed by atoms with E-state index in [1.807, 2.05) is 0 Å². The molecule has 0 aliphatic heterocycles. The summed E-state index contributed by atoms with van der Waals surface area (Å²) in [5.41, 5.74) is 5.61. The lowest BCUT2D eigenvalue weighted by atomic mass is 9.96. The fourth-order valence-corrected chi connectivity index (χ4v) is 4.33. The van der Waals surface area contributed by atoms with E-state index in [1.165, 1.54) is 35.2 Å². The molecule has 4 rings (SSSR count). The van der Waals surface area contributed by atoms with Gasteiger partial charge in [0.15, 0.2) is 5.16 Å². The van der Waals surface area contributed by atoms with Crippen LogP contribution in [0.25, 0.3) is 0 Å². The molecule has 23 heavy (non-hydrogen) atoms. The van der Waals surface area contributed by atoms with Crippen molar-refractivity contribution in [2.24, 2.45) is 0 Å². The minimum atomic E-state index is 0.466. The molecule has 0 spiro atoms. The van der Waals surface area contributed by atoms with Crippen LogP contribution in [0.1, 0.15) is 42.1 Å². The quantitative estimate of drug-likeness (QED) is 0.680. The van der Waals surface area contributed by atoms with Crippen molar-refractivity contribution in [3.05, 3.63) is 46.6 Å². The number of fused-ring (bicyclic) bond motifs is 2. The molecule has 0 unspecified atom stereocenters. The van der Waals surface area contributed by atoms with E-state index in [-0.39, 0.29) is 0 Å². The average Bonchev–Trinajstić information content (AvgIpc) is 2.97. The van der Waals surface area contributed by atoms with Gasteiger partial charge in [-0.3, -0.25) is 0 Å². The second-order valence-corrected chi connectivity index (χ2v) is 7.67. The monoisotopic (exact) mass is 325 g/mol. The fraction of sp³-hybridized carbons (Fsp3) is 0.474. The number of rotatable bonds is 4. The summed E-state index contributed by atoms with van der Waals surface area (Å²) in [5, 5.41) is 4.69. The van der Waals surface area contributed by atoms with Gasteiger partial charge in [-0.25, -0.2) is 9.97 Å². The lowest BCUT2D eigenvalue weighted by molar-refractivity contribution is 0.646. The van der Waals surface area contributed by atoms with Crippen LogP contribution in [-0.2, 0) is 25.7 Å². The summed E-state index contributed by atoms with van der Waals surface area (Å²) in [6.07, 6.45) is 6.95. The fourth-order valence-electron chi connectivity index (χ4n) is 3.74. The smallest absolute Gasteiger partial charge is 0.189 e. The first-order valence-electron chi connectivity index (χ1n) is 8.69. The number of nitrogens with one attached hydrogen (secondary N) is 1. The van der Waals surface area contributed by atoms with Crippen molar-refractivity contribution in [1.82, 2.24) is 9.97 Å². The Bertz CT molecular complexity index is 689. The molecule has 0 radical (unpaired) electrons. The molecule has 3 nitrogen and oxygen atoms in total. The third kappa shape index (κ3) is 3.09. The highest BCUT2D eigenvalue weighted by Gasteiger charge is 2.24. The minimum Gasteiger partial charge on any atom is -0.366 e. The number of hydrogen-bond acceptors (Lipinski definition) is 4. The molecule has 0 saturated carbocycles. The number of hydrogen-bond donors (Lipinski definition) is 1. The van der Waals surface area contributed by atoms with Gasteiger partial charge in [-0.2, -0.15) is 0 Å². The summed E-state index contributed by atoms with van der Waals surface area (Å²) in [4.78, 5) is 9.63. The van der Waals surface area contributed by atoms with E-state index < -0.39 is 0 Å². The summed E-state index contributed by atoms with van der Waals surface area (Å²) in [7, 11) is 0. The molecule has 1 heterocycles. The Morgan fingerprint density at radius 3 is 2.57 bits per heavy atom. The van der Waals surface area contributed by atoms with E-state index in [9.17, 15) is 0 Å². The SMILES string of the molecule is CCSc1nc2c(c(NC3Cc4ccccc4C3)n1)CCCC2. The lowest BCUT2D eigenvalue weighted by Crippen LogP contribution is -2.23. The molecule has 0 fully saturated rings. The van der Waals surface area contributed by atoms with Crippen LogP contribution in [-0.4, -0.2) is 21.8 Å². The molecule has 1 aromatic carbocycles. The van der Waals surface area contributed by atoms with Crippen LogP contribution in [0.15, 0.2) is 29.4 Å². The Labute approximate surface area is 142 Å². The normalized spacial score (nSPS) is 16.9. The number of nitrogens with zero attached hydrogens (tertiary/aromatic N) is 2. The van der Waals surface area contributed by atoms with Gasteiger partial charge in [0.2, 0.25) is 0 Å². The molecule has 2 aromatic rings. The maximum atomic E-state index is 4.84. The van der Waals surface area contributed by atoms with Gasteiger partial charge in [-0.1, -0.05) is 43.0 Å².